The number of carbonyl (C=O) groups excluding carboxylic acids is 1. The zero-order valence-electron chi connectivity index (χ0n) is 18.7. The van der Waals surface area contributed by atoms with Crippen molar-refractivity contribution in [1.29, 1.82) is 0 Å². The van der Waals surface area contributed by atoms with E-state index in [4.69, 9.17) is 0 Å². The van der Waals surface area contributed by atoms with Crippen LogP contribution in [-0.2, 0) is 21.1 Å². The number of aryl methyl sites for hydroxylation is 1. The van der Waals surface area contributed by atoms with E-state index in [9.17, 15) is 17.6 Å². The fraction of sp³-hybridized carbons (Fsp3) is 0.375. The van der Waals surface area contributed by atoms with Gasteiger partial charge in [0, 0.05) is 31.3 Å². The zero-order valence-corrected chi connectivity index (χ0v) is 19.5. The highest BCUT2D eigenvalue weighted by Gasteiger charge is 2.27. The maximum atomic E-state index is 13.3. The number of nitrogens with zero attached hydrogens (tertiary/aromatic N) is 3. The minimum Gasteiger partial charge on any atom is -0.355 e. The van der Waals surface area contributed by atoms with Crippen molar-refractivity contribution in [3.63, 3.8) is 0 Å². The summed E-state index contributed by atoms with van der Waals surface area (Å²) in [6, 6.07) is 11.3. The molecule has 1 atom stereocenters. The van der Waals surface area contributed by atoms with Gasteiger partial charge in [0.1, 0.15) is 5.82 Å². The maximum absolute atomic E-state index is 13.3. The Morgan fingerprint density at radius 1 is 1.21 bits per heavy atom. The lowest BCUT2D eigenvalue weighted by Gasteiger charge is -2.32. The molecule has 0 bridgehead atoms. The summed E-state index contributed by atoms with van der Waals surface area (Å²) in [6.45, 7) is 3.53. The molecule has 1 aromatic heterocycles. The van der Waals surface area contributed by atoms with Crippen LogP contribution in [0.5, 0.6) is 0 Å². The Bertz CT molecular complexity index is 1300. The average Bonchev–Trinajstić information content (AvgIpc) is 2.78. The van der Waals surface area contributed by atoms with E-state index in [0.29, 0.717) is 31.0 Å². The summed E-state index contributed by atoms with van der Waals surface area (Å²) in [6.07, 6.45) is 3.33. The molecule has 4 rings (SSSR count). The van der Waals surface area contributed by atoms with E-state index in [1.807, 2.05) is 17.9 Å². The molecule has 1 aliphatic heterocycles. The van der Waals surface area contributed by atoms with Crippen molar-refractivity contribution in [3.05, 3.63) is 59.5 Å². The Kier molecular flexibility index (Phi) is 6.60. The van der Waals surface area contributed by atoms with Crippen LogP contribution < -0.4 is 10.2 Å². The first kappa shape index (κ1) is 23.1. The van der Waals surface area contributed by atoms with Gasteiger partial charge in [0.15, 0.2) is 9.84 Å². The van der Waals surface area contributed by atoms with Gasteiger partial charge in [-0.15, -0.1) is 0 Å². The molecule has 0 radical (unpaired) electrons. The third-order valence-corrected chi connectivity index (χ3v) is 7.06. The second-order valence-electron chi connectivity index (χ2n) is 8.52. The van der Waals surface area contributed by atoms with Crippen LogP contribution >= 0.6 is 0 Å². The first-order chi connectivity index (χ1) is 15.7. The van der Waals surface area contributed by atoms with Gasteiger partial charge in [0.25, 0.3) is 0 Å². The predicted molar refractivity (Wildman–Crippen MR) is 125 cm³/mol. The first-order valence-electron chi connectivity index (χ1n) is 11.0. The normalized spacial score (nSPS) is 16.7. The monoisotopic (exact) mass is 470 g/mol. The van der Waals surface area contributed by atoms with Gasteiger partial charge in [-0.05, 0) is 62.1 Å². The van der Waals surface area contributed by atoms with Crippen molar-refractivity contribution >= 4 is 32.6 Å². The SMILES string of the molecule is Cc1nc(N2CCCC(C(=O)NCCc3cccc(F)c3)C2)nc2cc(S(C)(=O)=O)ccc12. The highest BCUT2D eigenvalue weighted by atomic mass is 32.2. The average molecular weight is 471 g/mol. The molecule has 1 fully saturated rings. The molecule has 1 saturated heterocycles. The molecule has 2 aromatic carbocycles. The van der Waals surface area contributed by atoms with Crippen LogP contribution in [0.2, 0.25) is 0 Å². The highest BCUT2D eigenvalue weighted by Crippen LogP contribution is 2.25. The standard InChI is InChI=1S/C24H27FN4O3S/c1-16-21-9-8-20(33(2,31)32)14-22(21)28-24(27-16)29-12-4-6-18(15-29)23(30)26-11-10-17-5-3-7-19(25)13-17/h3,5,7-9,13-14,18H,4,6,10-12,15H2,1-2H3,(H,26,30). The molecule has 0 saturated carbocycles. The number of hydrogen-bond donors (Lipinski definition) is 1. The number of amides is 1. The van der Waals surface area contributed by atoms with Gasteiger partial charge in [0.05, 0.1) is 22.0 Å². The summed E-state index contributed by atoms with van der Waals surface area (Å²) in [5.74, 6) is -0.0137. The highest BCUT2D eigenvalue weighted by molar-refractivity contribution is 7.90. The Morgan fingerprint density at radius 3 is 2.79 bits per heavy atom. The van der Waals surface area contributed by atoms with Gasteiger partial charge in [-0.2, -0.15) is 0 Å². The van der Waals surface area contributed by atoms with E-state index in [-0.39, 0.29) is 22.5 Å². The van der Waals surface area contributed by atoms with Gasteiger partial charge in [-0.3, -0.25) is 4.79 Å². The molecule has 1 unspecified atom stereocenters. The minimum absolute atomic E-state index is 0.0343. The number of halogens is 1. The molecule has 1 amide bonds. The lowest BCUT2D eigenvalue weighted by molar-refractivity contribution is -0.125. The molecule has 174 valence electrons. The van der Waals surface area contributed by atoms with Crippen molar-refractivity contribution < 1.29 is 17.6 Å². The third-order valence-electron chi connectivity index (χ3n) is 5.95. The molecule has 0 aliphatic carbocycles. The lowest BCUT2D eigenvalue weighted by Crippen LogP contribution is -2.44. The Hall–Kier alpha value is -3.07. The molecular weight excluding hydrogens is 443 g/mol. The number of piperidine rings is 1. The fourth-order valence-electron chi connectivity index (χ4n) is 4.16. The third kappa shape index (κ3) is 5.47. The number of nitrogens with one attached hydrogen (secondary N) is 1. The van der Waals surface area contributed by atoms with Gasteiger partial charge >= 0.3 is 0 Å². The van der Waals surface area contributed by atoms with Crippen LogP contribution in [-0.4, -0.2) is 50.2 Å². The Balaban J connectivity index is 1.45. The van der Waals surface area contributed by atoms with Crippen LogP contribution in [0.25, 0.3) is 10.9 Å². The number of sulfone groups is 1. The Labute approximate surface area is 193 Å². The van der Waals surface area contributed by atoms with Gasteiger partial charge in [-0.25, -0.2) is 22.8 Å². The molecule has 9 heteroatoms. The smallest absolute Gasteiger partial charge is 0.226 e. The molecule has 3 aromatic rings. The maximum Gasteiger partial charge on any atom is 0.226 e. The van der Waals surface area contributed by atoms with Crippen molar-refractivity contribution in [2.24, 2.45) is 5.92 Å². The number of benzene rings is 2. The summed E-state index contributed by atoms with van der Waals surface area (Å²) in [5.41, 5.74) is 2.17. The van der Waals surface area contributed by atoms with Gasteiger partial charge < -0.3 is 10.2 Å². The second kappa shape index (κ2) is 9.43. The van der Waals surface area contributed by atoms with Crippen molar-refractivity contribution in [3.8, 4) is 0 Å². The summed E-state index contributed by atoms with van der Waals surface area (Å²) in [5, 5.41) is 3.76. The van der Waals surface area contributed by atoms with Crippen LogP contribution in [0.15, 0.2) is 47.4 Å². The van der Waals surface area contributed by atoms with Crippen LogP contribution in [0.4, 0.5) is 10.3 Å². The number of aromatic nitrogens is 2. The number of rotatable bonds is 6. The summed E-state index contributed by atoms with van der Waals surface area (Å²) in [7, 11) is -3.34. The minimum atomic E-state index is -3.34. The summed E-state index contributed by atoms with van der Waals surface area (Å²) >= 11 is 0. The number of carbonyl (C=O) groups is 1. The first-order valence-corrected chi connectivity index (χ1v) is 12.9. The van der Waals surface area contributed by atoms with E-state index in [0.717, 1.165) is 36.0 Å². The quantitative estimate of drug-likeness (QED) is 0.595. The van der Waals surface area contributed by atoms with Crippen molar-refractivity contribution in [1.82, 2.24) is 15.3 Å². The van der Waals surface area contributed by atoms with Gasteiger partial charge in [-0.1, -0.05) is 12.1 Å². The van der Waals surface area contributed by atoms with Crippen molar-refractivity contribution in [2.75, 3.05) is 30.8 Å². The van der Waals surface area contributed by atoms with E-state index in [1.54, 1.807) is 24.3 Å². The molecule has 7 nitrogen and oxygen atoms in total. The van der Waals surface area contributed by atoms with Crippen LogP contribution in [0.1, 0.15) is 24.1 Å². The molecule has 1 aliphatic rings. The van der Waals surface area contributed by atoms with Gasteiger partial charge in [0.2, 0.25) is 11.9 Å². The molecule has 0 spiro atoms. The van der Waals surface area contributed by atoms with Crippen LogP contribution in [0.3, 0.4) is 0 Å². The Morgan fingerprint density at radius 2 is 2.03 bits per heavy atom. The predicted octanol–water partition coefficient (Wildman–Crippen LogP) is 3.06. The molecular formula is C24H27FN4O3S. The number of anilines is 1. The number of fused-ring (bicyclic) bond motifs is 1. The van der Waals surface area contributed by atoms with E-state index < -0.39 is 9.84 Å². The van der Waals surface area contributed by atoms with E-state index in [1.165, 1.54) is 18.4 Å². The number of hydrogen-bond acceptors (Lipinski definition) is 6. The topological polar surface area (TPSA) is 92.3 Å². The fourth-order valence-corrected chi connectivity index (χ4v) is 4.81. The van der Waals surface area contributed by atoms with E-state index in [2.05, 4.69) is 15.3 Å². The molecule has 2 heterocycles. The lowest BCUT2D eigenvalue weighted by atomic mass is 9.97. The molecule has 33 heavy (non-hydrogen) atoms. The van der Waals surface area contributed by atoms with E-state index >= 15 is 0 Å². The zero-order chi connectivity index (χ0) is 23.6. The van der Waals surface area contributed by atoms with Crippen LogP contribution in [0, 0.1) is 18.7 Å². The molecule has 1 N–H and O–H groups in total. The summed E-state index contributed by atoms with van der Waals surface area (Å²) < 4.78 is 37.2. The van der Waals surface area contributed by atoms with Crippen molar-refractivity contribution in [2.45, 2.75) is 31.1 Å². The summed E-state index contributed by atoms with van der Waals surface area (Å²) in [4.78, 5) is 24.2. The largest absolute Gasteiger partial charge is 0.355 e. The second-order valence-corrected chi connectivity index (χ2v) is 10.5.